The van der Waals surface area contributed by atoms with Crippen molar-refractivity contribution < 1.29 is 33.4 Å². The van der Waals surface area contributed by atoms with Crippen LogP contribution in [0.15, 0.2) is 54.6 Å². The van der Waals surface area contributed by atoms with E-state index in [2.05, 4.69) is 10.6 Å². The first-order valence-electron chi connectivity index (χ1n) is 15.6. The van der Waals surface area contributed by atoms with Crippen LogP contribution in [0.1, 0.15) is 84.0 Å². The Bertz CT molecular complexity index is 1400. The molecule has 11 nitrogen and oxygen atoms in total. The maximum Gasteiger partial charge on any atom is 0.408 e. The van der Waals surface area contributed by atoms with Gasteiger partial charge >= 0.3 is 12.1 Å². The largest absolute Gasteiger partial charge is 0.458 e. The minimum absolute atomic E-state index is 0.0337. The molecule has 0 aromatic heterocycles. The molecule has 46 heavy (non-hydrogen) atoms. The fourth-order valence-corrected chi connectivity index (χ4v) is 5.06. The van der Waals surface area contributed by atoms with E-state index in [0.717, 1.165) is 11.1 Å². The molecule has 1 saturated carbocycles. The van der Waals surface area contributed by atoms with Crippen molar-refractivity contribution in [3.8, 4) is 0 Å². The molecule has 11 heteroatoms. The molecular weight excluding hydrogens is 588 g/mol. The second kappa shape index (κ2) is 14.8. The second-order valence-electron chi connectivity index (χ2n) is 14.0. The number of alkyl carbamates (subject to hydrolysis) is 1. The third-order valence-electron chi connectivity index (χ3n) is 7.28. The Labute approximate surface area is 271 Å². The number of nitrogens with zero attached hydrogens (tertiary/aromatic N) is 1. The van der Waals surface area contributed by atoms with Crippen molar-refractivity contribution in [1.82, 2.24) is 15.5 Å². The number of hydrogen-bond acceptors (Lipinski definition) is 7. The molecule has 0 radical (unpaired) electrons. The van der Waals surface area contributed by atoms with E-state index in [0.29, 0.717) is 12.0 Å². The first-order valence-corrected chi connectivity index (χ1v) is 15.6. The van der Waals surface area contributed by atoms with Gasteiger partial charge in [-0.2, -0.15) is 0 Å². The standard InChI is InChI=1S/C35H48N4O7/c1-21-14-16-24(17-15-21)29(30(41)37-26(32(43)45-34(3,4)5)19-23-12-10-9-11-13-23)39(27-18-22(27)2)31(42)25(20-28(36)40)38-33(44)46-35(6,7)8/h9-17,22,25-27,29H,18-20H2,1-8H3,(H2,36,40)(H,37,41)(H,38,44). The molecule has 5 atom stereocenters. The van der Waals surface area contributed by atoms with Crippen molar-refractivity contribution in [2.24, 2.45) is 11.7 Å². The van der Waals surface area contributed by atoms with Gasteiger partial charge in [-0.25, -0.2) is 9.59 Å². The van der Waals surface area contributed by atoms with E-state index in [1.165, 1.54) is 4.90 Å². The average Bonchev–Trinajstić information content (AvgIpc) is 3.65. The summed E-state index contributed by atoms with van der Waals surface area (Å²) in [6, 6.07) is 12.3. The lowest BCUT2D eigenvalue weighted by molar-refractivity contribution is -0.159. The Morgan fingerprint density at radius 3 is 1.93 bits per heavy atom. The number of rotatable bonds is 12. The zero-order valence-electron chi connectivity index (χ0n) is 28.1. The summed E-state index contributed by atoms with van der Waals surface area (Å²) < 4.78 is 11.0. The Morgan fingerprint density at radius 1 is 0.870 bits per heavy atom. The number of nitrogens with two attached hydrogens (primary N) is 1. The van der Waals surface area contributed by atoms with Gasteiger partial charge in [0.25, 0.3) is 0 Å². The van der Waals surface area contributed by atoms with Crippen molar-refractivity contribution in [1.29, 1.82) is 0 Å². The summed E-state index contributed by atoms with van der Waals surface area (Å²) in [6.07, 6.45) is -0.663. The monoisotopic (exact) mass is 636 g/mol. The predicted octanol–water partition coefficient (Wildman–Crippen LogP) is 4.11. The van der Waals surface area contributed by atoms with Crippen molar-refractivity contribution in [3.05, 3.63) is 71.3 Å². The van der Waals surface area contributed by atoms with Crippen LogP contribution in [0.2, 0.25) is 0 Å². The topological polar surface area (TPSA) is 157 Å². The van der Waals surface area contributed by atoms with Crippen LogP contribution in [0.5, 0.6) is 0 Å². The first kappa shape index (κ1) is 36.1. The lowest BCUT2D eigenvalue weighted by Gasteiger charge is -2.35. The van der Waals surface area contributed by atoms with E-state index < -0.39 is 65.5 Å². The Balaban J connectivity index is 2.06. The van der Waals surface area contributed by atoms with Crippen LogP contribution in [0.3, 0.4) is 0 Å². The molecule has 3 rings (SSSR count). The quantitative estimate of drug-likeness (QED) is 0.296. The lowest BCUT2D eigenvalue weighted by Crippen LogP contribution is -2.56. The van der Waals surface area contributed by atoms with E-state index in [1.807, 2.05) is 56.3 Å². The molecule has 0 bridgehead atoms. The van der Waals surface area contributed by atoms with Crippen molar-refractivity contribution in [2.45, 2.75) is 110 Å². The second-order valence-corrected chi connectivity index (χ2v) is 14.0. The molecule has 0 spiro atoms. The zero-order valence-corrected chi connectivity index (χ0v) is 28.1. The van der Waals surface area contributed by atoms with Gasteiger partial charge in [0.2, 0.25) is 17.7 Å². The van der Waals surface area contributed by atoms with E-state index >= 15 is 0 Å². The summed E-state index contributed by atoms with van der Waals surface area (Å²) in [5.74, 6) is -2.69. The van der Waals surface area contributed by atoms with Crippen LogP contribution in [0.25, 0.3) is 0 Å². The Morgan fingerprint density at radius 2 is 1.43 bits per heavy atom. The highest BCUT2D eigenvalue weighted by atomic mass is 16.6. The molecule has 0 heterocycles. The van der Waals surface area contributed by atoms with Crippen LogP contribution in [0, 0.1) is 12.8 Å². The minimum atomic E-state index is -1.40. The van der Waals surface area contributed by atoms with Gasteiger partial charge in [-0.3, -0.25) is 14.4 Å². The van der Waals surface area contributed by atoms with Crippen molar-refractivity contribution >= 4 is 29.8 Å². The minimum Gasteiger partial charge on any atom is -0.458 e. The van der Waals surface area contributed by atoms with Crippen LogP contribution in [-0.4, -0.2) is 64.0 Å². The molecule has 1 aliphatic carbocycles. The van der Waals surface area contributed by atoms with Crippen molar-refractivity contribution in [2.75, 3.05) is 0 Å². The first-order chi connectivity index (χ1) is 21.3. The number of primary amides is 1. The third kappa shape index (κ3) is 10.9. The van der Waals surface area contributed by atoms with Gasteiger partial charge in [0.05, 0.1) is 6.42 Å². The number of nitrogens with one attached hydrogen (secondary N) is 2. The molecule has 0 saturated heterocycles. The van der Waals surface area contributed by atoms with E-state index in [-0.39, 0.29) is 18.4 Å². The van der Waals surface area contributed by atoms with Gasteiger partial charge in [-0.05, 0) is 71.9 Å². The molecule has 0 aliphatic heterocycles. The van der Waals surface area contributed by atoms with Gasteiger partial charge in [0.15, 0.2) is 0 Å². The van der Waals surface area contributed by atoms with E-state index in [1.54, 1.807) is 53.7 Å². The number of aryl methyl sites for hydroxylation is 1. The highest BCUT2D eigenvalue weighted by molar-refractivity contribution is 5.96. The summed E-state index contributed by atoms with van der Waals surface area (Å²) in [7, 11) is 0. The molecule has 1 fully saturated rings. The van der Waals surface area contributed by atoms with Gasteiger partial charge in [-0.15, -0.1) is 0 Å². The molecule has 4 N–H and O–H groups in total. The number of hydrogen-bond donors (Lipinski definition) is 3. The van der Waals surface area contributed by atoms with E-state index in [4.69, 9.17) is 15.2 Å². The van der Waals surface area contributed by atoms with Crippen LogP contribution in [-0.2, 0) is 35.1 Å². The fraction of sp³-hybridized carbons (Fsp3) is 0.514. The Hall–Kier alpha value is -4.41. The third-order valence-corrected chi connectivity index (χ3v) is 7.28. The number of carbonyl (C=O) groups excluding carboxylic acids is 5. The summed E-state index contributed by atoms with van der Waals surface area (Å²) in [4.78, 5) is 68.5. The number of esters is 1. The SMILES string of the molecule is Cc1ccc(C(C(=O)NC(Cc2ccccc2)C(=O)OC(C)(C)C)N(C(=O)C(CC(N)=O)NC(=O)OC(C)(C)C)C2CC2C)cc1. The molecule has 2 aromatic carbocycles. The molecular formula is C35H48N4O7. The van der Waals surface area contributed by atoms with Gasteiger partial charge in [0, 0.05) is 12.5 Å². The van der Waals surface area contributed by atoms with E-state index in [9.17, 15) is 24.0 Å². The molecule has 4 amide bonds. The molecule has 5 unspecified atom stereocenters. The molecule has 250 valence electrons. The zero-order chi connectivity index (χ0) is 34.4. The maximum absolute atomic E-state index is 14.4. The van der Waals surface area contributed by atoms with Crippen LogP contribution < -0.4 is 16.4 Å². The number of benzene rings is 2. The number of ether oxygens (including phenoxy) is 2. The van der Waals surface area contributed by atoms with Gasteiger partial charge < -0.3 is 30.7 Å². The Kier molecular flexibility index (Phi) is 11.6. The molecule has 2 aromatic rings. The smallest absolute Gasteiger partial charge is 0.408 e. The fourth-order valence-electron chi connectivity index (χ4n) is 5.06. The summed E-state index contributed by atoms with van der Waals surface area (Å²) in [5.41, 5.74) is 6.07. The predicted molar refractivity (Wildman–Crippen MR) is 173 cm³/mol. The van der Waals surface area contributed by atoms with Crippen LogP contribution in [0.4, 0.5) is 4.79 Å². The van der Waals surface area contributed by atoms with Gasteiger partial charge in [0.1, 0.15) is 29.3 Å². The summed E-state index contributed by atoms with van der Waals surface area (Å²) in [5, 5.41) is 5.37. The number of amides is 4. The van der Waals surface area contributed by atoms with Gasteiger partial charge in [-0.1, -0.05) is 67.1 Å². The van der Waals surface area contributed by atoms with Crippen LogP contribution >= 0.6 is 0 Å². The maximum atomic E-state index is 14.4. The highest BCUT2D eigenvalue weighted by Gasteiger charge is 2.49. The lowest BCUT2D eigenvalue weighted by atomic mass is 9.99. The summed E-state index contributed by atoms with van der Waals surface area (Å²) >= 11 is 0. The highest BCUT2D eigenvalue weighted by Crippen LogP contribution is 2.41. The summed E-state index contributed by atoms with van der Waals surface area (Å²) in [6.45, 7) is 14.1. The average molecular weight is 637 g/mol. The molecule has 1 aliphatic rings. The normalized spacial score (nSPS) is 17.9. The number of carbonyl (C=O) groups is 5. The van der Waals surface area contributed by atoms with Crippen molar-refractivity contribution in [3.63, 3.8) is 0 Å².